The van der Waals surface area contributed by atoms with E-state index in [1.165, 1.54) is 21.5 Å². The lowest BCUT2D eigenvalue weighted by molar-refractivity contribution is 0.0823. The normalized spacial score (nSPS) is 15.3. The smallest absolute Gasteiger partial charge is 0.269 e. The fourth-order valence-electron chi connectivity index (χ4n) is 3.09. The quantitative estimate of drug-likeness (QED) is 0.529. The zero-order valence-electron chi connectivity index (χ0n) is 16.6. The van der Waals surface area contributed by atoms with Crippen molar-refractivity contribution in [1.29, 1.82) is 0 Å². The van der Waals surface area contributed by atoms with Gasteiger partial charge in [-0.05, 0) is 18.2 Å². The maximum atomic E-state index is 12.7. The molecule has 1 aliphatic heterocycles. The summed E-state index contributed by atoms with van der Waals surface area (Å²) in [5, 5.41) is 6.78. The standard InChI is InChI=1S/C18H22N8O3S/c1-25(2)17(27)14-9-12-10-21-18(24-16(12)22-14)23-15-4-3-13(11-20-15)30(28,29)26-7-5-19-6-8-26/h3-4,9-11,19H,5-8H2,1-2H3,(H2,20,21,22,23,24). The Balaban J connectivity index is 1.51. The van der Waals surface area contributed by atoms with Gasteiger partial charge in [0, 0.05) is 58.1 Å². The van der Waals surface area contributed by atoms with Crippen molar-refractivity contribution in [2.75, 3.05) is 45.6 Å². The molecule has 12 heteroatoms. The Labute approximate surface area is 173 Å². The molecule has 4 rings (SSSR count). The summed E-state index contributed by atoms with van der Waals surface area (Å²) in [5.74, 6) is 0.522. The van der Waals surface area contributed by atoms with Crippen molar-refractivity contribution in [3.8, 4) is 0 Å². The first kappa shape index (κ1) is 20.2. The number of anilines is 2. The lowest BCUT2D eigenvalue weighted by atomic mass is 10.3. The number of piperazine rings is 1. The SMILES string of the molecule is CN(C)C(=O)c1cc2cnc(Nc3ccc(S(=O)(=O)N4CCNCC4)cn3)nc2[nH]1. The number of nitrogens with zero attached hydrogens (tertiary/aromatic N) is 5. The van der Waals surface area contributed by atoms with E-state index < -0.39 is 10.0 Å². The first-order valence-electron chi connectivity index (χ1n) is 9.36. The lowest BCUT2D eigenvalue weighted by Crippen LogP contribution is -2.46. The summed E-state index contributed by atoms with van der Waals surface area (Å²) in [4.78, 5) is 29.4. The molecule has 3 N–H and O–H groups in total. The van der Waals surface area contributed by atoms with Crippen molar-refractivity contribution in [2.45, 2.75) is 4.90 Å². The maximum Gasteiger partial charge on any atom is 0.269 e. The molecule has 0 bridgehead atoms. The second-order valence-corrected chi connectivity index (χ2v) is 8.98. The average Bonchev–Trinajstić information content (AvgIpc) is 3.17. The molecule has 0 saturated carbocycles. The Bertz CT molecular complexity index is 1170. The number of fused-ring (bicyclic) bond motifs is 1. The Kier molecular flexibility index (Phi) is 5.37. The predicted molar refractivity (Wildman–Crippen MR) is 111 cm³/mol. The van der Waals surface area contributed by atoms with Gasteiger partial charge in [-0.2, -0.15) is 9.29 Å². The second kappa shape index (κ2) is 7.97. The molecule has 158 valence electrons. The number of aromatic amines is 1. The summed E-state index contributed by atoms with van der Waals surface area (Å²) >= 11 is 0. The van der Waals surface area contributed by atoms with E-state index in [1.54, 1.807) is 32.4 Å². The van der Waals surface area contributed by atoms with E-state index in [-0.39, 0.29) is 16.8 Å². The van der Waals surface area contributed by atoms with E-state index in [9.17, 15) is 13.2 Å². The van der Waals surface area contributed by atoms with E-state index in [0.29, 0.717) is 48.7 Å². The molecule has 1 fully saturated rings. The zero-order valence-corrected chi connectivity index (χ0v) is 17.4. The van der Waals surface area contributed by atoms with Gasteiger partial charge in [0.2, 0.25) is 16.0 Å². The monoisotopic (exact) mass is 430 g/mol. The number of carbonyl (C=O) groups is 1. The fourth-order valence-corrected chi connectivity index (χ4v) is 4.47. The number of H-pyrrole nitrogens is 1. The van der Waals surface area contributed by atoms with Crippen LogP contribution >= 0.6 is 0 Å². The summed E-state index contributed by atoms with van der Waals surface area (Å²) < 4.78 is 26.8. The Morgan fingerprint density at radius 2 is 1.93 bits per heavy atom. The molecule has 1 amide bonds. The van der Waals surface area contributed by atoms with Crippen LogP contribution in [-0.2, 0) is 10.0 Å². The van der Waals surface area contributed by atoms with E-state index in [0.717, 1.165) is 0 Å². The van der Waals surface area contributed by atoms with E-state index in [1.807, 2.05) is 0 Å². The third-order valence-electron chi connectivity index (χ3n) is 4.70. The molecule has 3 aromatic heterocycles. The topological polar surface area (TPSA) is 136 Å². The van der Waals surface area contributed by atoms with Crippen LogP contribution in [0.1, 0.15) is 10.5 Å². The van der Waals surface area contributed by atoms with Gasteiger partial charge in [0.25, 0.3) is 5.91 Å². The van der Waals surface area contributed by atoms with Crippen LogP contribution in [0, 0.1) is 0 Å². The minimum Gasteiger partial charge on any atom is -0.344 e. The van der Waals surface area contributed by atoms with Crippen LogP contribution in [0.15, 0.2) is 35.5 Å². The number of carbonyl (C=O) groups excluding carboxylic acids is 1. The van der Waals surface area contributed by atoms with Crippen LogP contribution in [0.2, 0.25) is 0 Å². The van der Waals surface area contributed by atoms with Crippen LogP contribution < -0.4 is 10.6 Å². The summed E-state index contributed by atoms with van der Waals surface area (Å²) in [6.45, 7) is 2.13. The van der Waals surface area contributed by atoms with Crippen molar-refractivity contribution in [2.24, 2.45) is 0 Å². The molecule has 0 aliphatic carbocycles. The summed E-state index contributed by atoms with van der Waals surface area (Å²) in [5.41, 5.74) is 0.928. The number of nitrogens with one attached hydrogen (secondary N) is 3. The van der Waals surface area contributed by atoms with Crippen molar-refractivity contribution in [3.05, 3.63) is 36.3 Å². The second-order valence-electron chi connectivity index (χ2n) is 7.04. The van der Waals surface area contributed by atoms with Crippen molar-refractivity contribution in [3.63, 3.8) is 0 Å². The molecule has 1 aliphatic rings. The first-order chi connectivity index (χ1) is 14.3. The van der Waals surface area contributed by atoms with E-state index in [4.69, 9.17) is 0 Å². The number of sulfonamides is 1. The van der Waals surface area contributed by atoms with Crippen LogP contribution in [0.5, 0.6) is 0 Å². The Hall–Kier alpha value is -3.09. The molecule has 0 unspecified atom stereocenters. The minimum absolute atomic E-state index is 0.141. The van der Waals surface area contributed by atoms with E-state index in [2.05, 4.69) is 30.6 Å². The molecule has 0 aromatic carbocycles. The van der Waals surface area contributed by atoms with E-state index >= 15 is 0 Å². The van der Waals surface area contributed by atoms with Gasteiger partial charge in [0.05, 0.1) is 0 Å². The van der Waals surface area contributed by atoms with Crippen molar-refractivity contribution < 1.29 is 13.2 Å². The number of aromatic nitrogens is 4. The fraction of sp³-hybridized carbons (Fsp3) is 0.333. The largest absolute Gasteiger partial charge is 0.344 e. The van der Waals surface area contributed by atoms with Gasteiger partial charge in [-0.1, -0.05) is 0 Å². The third kappa shape index (κ3) is 3.97. The average molecular weight is 430 g/mol. The highest BCUT2D eigenvalue weighted by molar-refractivity contribution is 7.89. The zero-order chi connectivity index (χ0) is 21.3. The molecule has 0 atom stereocenters. The van der Waals surface area contributed by atoms with Crippen LogP contribution in [0.25, 0.3) is 11.0 Å². The van der Waals surface area contributed by atoms with Crippen molar-refractivity contribution >= 4 is 38.7 Å². The van der Waals surface area contributed by atoms with Crippen LogP contribution in [-0.4, -0.2) is 83.7 Å². The van der Waals surface area contributed by atoms with Crippen LogP contribution in [0.3, 0.4) is 0 Å². The molecule has 0 spiro atoms. The molecule has 1 saturated heterocycles. The van der Waals surface area contributed by atoms with Gasteiger partial charge in [-0.3, -0.25) is 4.79 Å². The number of rotatable bonds is 5. The molecule has 3 aromatic rings. The summed E-state index contributed by atoms with van der Waals surface area (Å²) in [6.07, 6.45) is 2.91. The highest BCUT2D eigenvalue weighted by Crippen LogP contribution is 2.20. The number of hydrogen-bond donors (Lipinski definition) is 3. The minimum atomic E-state index is -3.56. The summed E-state index contributed by atoms with van der Waals surface area (Å²) in [7, 11) is -0.220. The number of pyridine rings is 1. The highest BCUT2D eigenvalue weighted by atomic mass is 32.2. The predicted octanol–water partition coefficient (Wildman–Crippen LogP) is 0.392. The molecule has 11 nitrogen and oxygen atoms in total. The molecule has 4 heterocycles. The first-order valence-corrected chi connectivity index (χ1v) is 10.8. The van der Waals surface area contributed by atoms with Gasteiger partial charge in [-0.25, -0.2) is 18.4 Å². The molecule has 0 radical (unpaired) electrons. The van der Waals surface area contributed by atoms with Gasteiger partial charge in [-0.15, -0.1) is 0 Å². The lowest BCUT2D eigenvalue weighted by Gasteiger charge is -2.26. The van der Waals surface area contributed by atoms with Gasteiger partial charge in [0.1, 0.15) is 22.1 Å². The third-order valence-corrected chi connectivity index (χ3v) is 6.58. The molecular formula is C18H22N8O3S. The Morgan fingerprint density at radius 3 is 2.60 bits per heavy atom. The number of amides is 1. The Morgan fingerprint density at radius 1 is 1.17 bits per heavy atom. The van der Waals surface area contributed by atoms with Gasteiger partial charge < -0.3 is 20.5 Å². The molecule has 30 heavy (non-hydrogen) atoms. The molecular weight excluding hydrogens is 408 g/mol. The van der Waals surface area contributed by atoms with Crippen molar-refractivity contribution in [1.82, 2.24) is 34.5 Å². The summed E-state index contributed by atoms with van der Waals surface area (Å²) in [6, 6.07) is 4.77. The maximum absolute atomic E-state index is 12.7. The highest BCUT2D eigenvalue weighted by Gasteiger charge is 2.26. The van der Waals surface area contributed by atoms with Gasteiger partial charge >= 0.3 is 0 Å². The van der Waals surface area contributed by atoms with Gasteiger partial charge in [0.15, 0.2) is 0 Å². The van der Waals surface area contributed by atoms with Crippen LogP contribution in [0.4, 0.5) is 11.8 Å². The number of hydrogen-bond acceptors (Lipinski definition) is 8.